The van der Waals surface area contributed by atoms with Gasteiger partial charge in [0.2, 0.25) is 0 Å². The van der Waals surface area contributed by atoms with Crippen molar-refractivity contribution in [3.05, 3.63) is 58.6 Å². The molecule has 0 unspecified atom stereocenters. The van der Waals surface area contributed by atoms with Crippen molar-refractivity contribution < 1.29 is 19.2 Å². The lowest BCUT2D eigenvalue weighted by molar-refractivity contribution is -0.384. The van der Waals surface area contributed by atoms with E-state index in [0.29, 0.717) is 23.8 Å². The van der Waals surface area contributed by atoms with Gasteiger partial charge in [-0.2, -0.15) is 0 Å². The number of hydrogen-bond acceptors (Lipinski definition) is 5. The van der Waals surface area contributed by atoms with Crippen LogP contribution in [0.4, 0.5) is 16.2 Å². The zero-order valence-corrected chi connectivity index (χ0v) is 12.6. The Labute approximate surface area is 137 Å². The molecule has 1 atom stereocenters. The van der Waals surface area contributed by atoms with E-state index in [1.807, 2.05) is 18.2 Å². The van der Waals surface area contributed by atoms with Crippen molar-refractivity contribution in [2.24, 2.45) is 0 Å². The Morgan fingerprint density at radius 3 is 2.79 bits per heavy atom. The van der Waals surface area contributed by atoms with Crippen LogP contribution in [0.5, 0.6) is 11.5 Å². The number of carbonyl (C=O) groups is 1. The molecule has 0 aliphatic carbocycles. The number of ether oxygens (including phenoxy) is 2. The fourth-order valence-corrected chi connectivity index (χ4v) is 2.24. The normalized spacial score (nSPS) is 15.4. The molecule has 3 rings (SSSR count). The number of anilines is 1. The van der Waals surface area contributed by atoms with Crippen molar-refractivity contribution in [2.75, 3.05) is 18.5 Å². The van der Waals surface area contributed by atoms with E-state index in [0.717, 1.165) is 0 Å². The van der Waals surface area contributed by atoms with Gasteiger partial charge in [-0.05, 0) is 18.2 Å². The van der Waals surface area contributed by atoms with E-state index in [4.69, 9.17) is 9.47 Å². The summed E-state index contributed by atoms with van der Waals surface area (Å²) in [7, 11) is 0. The number of nitro benzene ring substituents is 1. The lowest BCUT2D eigenvalue weighted by Crippen LogP contribution is -2.42. The van der Waals surface area contributed by atoms with E-state index in [1.54, 1.807) is 12.1 Å². The summed E-state index contributed by atoms with van der Waals surface area (Å²) in [4.78, 5) is 22.1. The second-order valence-corrected chi connectivity index (χ2v) is 5.14. The number of nitrogens with one attached hydrogen (secondary N) is 2. The lowest BCUT2D eigenvalue weighted by Gasteiger charge is -2.26. The van der Waals surface area contributed by atoms with Crippen LogP contribution in [0.25, 0.3) is 0 Å². The van der Waals surface area contributed by atoms with Gasteiger partial charge in [-0.15, -0.1) is 0 Å². The minimum absolute atomic E-state index is 0.0894. The zero-order chi connectivity index (χ0) is 16.9. The van der Waals surface area contributed by atoms with E-state index < -0.39 is 11.0 Å². The molecular weight excluding hydrogens is 314 g/mol. The van der Waals surface area contributed by atoms with Gasteiger partial charge in [0, 0.05) is 17.8 Å². The Hall–Kier alpha value is -3.29. The average Bonchev–Trinajstić information content (AvgIpc) is 2.60. The monoisotopic (exact) mass is 329 g/mol. The van der Waals surface area contributed by atoms with Gasteiger partial charge in [0.05, 0.1) is 11.5 Å². The highest BCUT2D eigenvalue weighted by atomic mass is 16.6. The van der Waals surface area contributed by atoms with Gasteiger partial charge in [0.15, 0.2) is 17.6 Å². The minimum Gasteiger partial charge on any atom is -0.486 e. The number of benzene rings is 2. The summed E-state index contributed by atoms with van der Waals surface area (Å²) in [5.74, 6) is 1.31. The first-order chi connectivity index (χ1) is 11.6. The third-order valence-electron chi connectivity index (χ3n) is 3.37. The highest BCUT2D eigenvalue weighted by Gasteiger charge is 2.21. The molecule has 2 aromatic carbocycles. The van der Waals surface area contributed by atoms with Gasteiger partial charge in [-0.3, -0.25) is 10.1 Å². The number of hydrogen-bond donors (Lipinski definition) is 2. The summed E-state index contributed by atoms with van der Waals surface area (Å²) >= 11 is 0. The maximum Gasteiger partial charge on any atom is 0.319 e. The second kappa shape index (κ2) is 6.86. The van der Waals surface area contributed by atoms with Crippen molar-refractivity contribution >= 4 is 17.4 Å². The molecule has 0 saturated heterocycles. The molecule has 0 fully saturated rings. The molecule has 1 aliphatic heterocycles. The maximum absolute atomic E-state index is 11.9. The highest BCUT2D eigenvalue weighted by Crippen LogP contribution is 2.30. The van der Waals surface area contributed by atoms with Gasteiger partial charge in [0.1, 0.15) is 6.61 Å². The zero-order valence-electron chi connectivity index (χ0n) is 12.6. The molecule has 0 radical (unpaired) electrons. The molecule has 24 heavy (non-hydrogen) atoms. The van der Waals surface area contributed by atoms with Gasteiger partial charge >= 0.3 is 6.03 Å². The standard InChI is InChI=1S/C16H15N3O5/c20-16(18-11-4-3-5-12(8-11)19(21)22)17-9-13-10-23-14-6-1-2-7-15(14)24-13/h1-8,13H,9-10H2,(H2,17,18,20)/t13-/m0/s1. The fourth-order valence-electron chi connectivity index (χ4n) is 2.24. The molecule has 2 amide bonds. The Morgan fingerprint density at radius 2 is 2.00 bits per heavy atom. The molecule has 0 spiro atoms. The van der Waals surface area contributed by atoms with E-state index in [-0.39, 0.29) is 18.3 Å². The Balaban J connectivity index is 1.51. The van der Waals surface area contributed by atoms with E-state index in [9.17, 15) is 14.9 Å². The van der Waals surface area contributed by atoms with Crippen LogP contribution in [0.1, 0.15) is 0 Å². The Morgan fingerprint density at radius 1 is 1.21 bits per heavy atom. The van der Waals surface area contributed by atoms with Gasteiger partial charge < -0.3 is 20.1 Å². The van der Waals surface area contributed by atoms with Crippen LogP contribution >= 0.6 is 0 Å². The van der Waals surface area contributed by atoms with Gasteiger partial charge in [0.25, 0.3) is 5.69 Å². The van der Waals surface area contributed by atoms with Crippen LogP contribution in [0.2, 0.25) is 0 Å². The third kappa shape index (κ3) is 3.72. The summed E-state index contributed by atoms with van der Waals surface area (Å²) in [6.07, 6.45) is -0.309. The highest BCUT2D eigenvalue weighted by molar-refractivity contribution is 5.89. The Bertz CT molecular complexity index is 765. The van der Waals surface area contributed by atoms with E-state index in [2.05, 4.69) is 10.6 Å². The van der Waals surface area contributed by atoms with Crippen molar-refractivity contribution in [1.82, 2.24) is 5.32 Å². The predicted molar refractivity (Wildman–Crippen MR) is 86.5 cm³/mol. The van der Waals surface area contributed by atoms with E-state index in [1.165, 1.54) is 18.2 Å². The predicted octanol–water partition coefficient (Wildman–Crippen LogP) is 2.56. The first-order valence-corrected chi connectivity index (χ1v) is 7.29. The summed E-state index contributed by atoms with van der Waals surface area (Å²) in [6, 6.07) is 12.5. The molecule has 124 valence electrons. The number of para-hydroxylation sites is 2. The Kier molecular flexibility index (Phi) is 4.46. The molecule has 1 heterocycles. The summed E-state index contributed by atoms with van der Waals surface area (Å²) < 4.78 is 11.3. The molecule has 2 N–H and O–H groups in total. The maximum atomic E-state index is 11.9. The van der Waals surface area contributed by atoms with Crippen LogP contribution in [0.15, 0.2) is 48.5 Å². The van der Waals surface area contributed by atoms with Crippen molar-refractivity contribution in [1.29, 1.82) is 0 Å². The third-order valence-corrected chi connectivity index (χ3v) is 3.37. The lowest BCUT2D eigenvalue weighted by atomic mass is 10.2. The number of non-ortho nitro benzene ring substituents is 1. The molecule has 8 nitrogen and oxygen atoms in total. The smallest absolute Gasteiger partial charge is 0.319 e. The largest absolute Gasteiger partial charge is 0.486 e. The summed E-state index contributed by atoms with van der Waals surface area (Å²) in [5.41, 5.74) is 0.251. The van der Waals surface area contributed by atoms with Crippen molar-refractivity contribution in [2.45, 2.75) is 6.10 Å². The quantitative estimate of drug-likeness (QED) is 0.663. The minimum atomic E-state index is -0.520. The van der Waals surface area contributed by atoms with Crippen LogP contribution in [0, 0.1) is 10.1 Å². The first kappa shape index (κ1) is 15.6. The number of nitrogens with zero attached hydrogens (tertiary/aromatic N) is 1. The van der Waals surface area contributed by atoms with Crippen LogP contribution in [-0.2, 0) is 0 Å². The SMILES string of the molecule is O=C(NC[C@H]1COc2ccccc2O1)Nc1cccc([N+](=O)[O-])c1. The molecular formula is C16H15N3O5. The number of carbonyl (C=O) groups excluding carboxylic acids is 1. The molecule has 8 heteroatoms. The fraction of sp³-hybridized carbons (Fsp3) is 0.188. The van der Waals surface area contributed by atoms with Gasteiger partial charge in [-0.1, -0.05) is 18.2 Å². The topological polar surface area (TPSA) is 103 Å². The second-order valence-electron chi connectivity index (χ2n) is 5.14. The molecule has 0 aromatic heterocycles. The van der Waals surface area contributed by atoms with Gasteiger partial charge in [-0.25, -0.2) is 4.79 Å². The van der Waals surface area contributed by atoms with Crippen molar-refractivity contribution in [3.8, 4) is 11.5 Å². The van der Waals surface area contributed by atoms with Crippen LogP contribution < -0.4 is 20.1 Å². The molecule has 0 bridgehead atoms. The molecule has 0 saturated carbocycles. The van der Waals surface area contributed by atoms with Crippen molar-refractivity contribution in [3.63, 3.8) is 0 Å². The summed E-state index contributed by atoms with van der Waals surface area (Å²) in [6.45, 7) is 0.573. The first-order valence-electron chi connectivity index (χ1n) is 7.29. The average molecular weight is 329 g/mol. The molecule has 1 aliphatic rings. The van der Waals surface area contributed by atoms with Crippen LogP contribution in [0.3, 0.4) is 0 Å². The van der Waals surface area contributed by atoms with Crippen LogP contribution in [-0.4, -0.2) is 30.2 Å². The number of urea groups is 1. The number of nitro groups is 1. The molecule has 2 aromatic rings. The summed E-state index contributed by atoms with van der Waals surface area (Å²) in [5, 5.41) is 15.9. The number of fused-ring (bicyclic) bond motifs is 1. The number of rotatable bonds is 4. The number of amides is 2. The van der Waals surface area contributed by atoms with E-state index >= 15 is 0 Å².